The molecule has 1 heterocycles. The first-order valence-corrected chi connectivity index (χ1v) is 10.6. The van der Waals surface area contributed by atoms with Gasteiger partial charge in [-0.05, 0) is 49.4 Å². The summed E-state index contributed by atoms with van der Waals surface area (Å²) in [6.45, 7) is 1.50. The highest BCUT2D eigenvalue weighted by Gasteiger charge is 2.33. The van der Waals surface area contributed by atoms with Crippen molar-refractivity contribution in [3.05, 3.63) is 71.3 Å². The van der Waals surface area contributed by atoms with Crippen LogP contribution in [0.25, 0.3) is 0 Å². The van der Waals surface area contributed by atoms with Crippen molar-refractivity contribution in [3.63, 3.8) is 0 Å². The van der Waals surface area contributed by atoms with Gasteiger partial charge in [0.25, 0.3) is 0 Å². The zero-order chi connectivity index (χ0) is 23.3. The van der Waals surface area contributed by atoms with E-state index in [1.807, 2.05) is 30.3 Å². The van der Waals surface area contributed by atoms with Crippen LogP contribution in [0.2, 0.25) is 0 Å². The quantitative estimate of drug-likeness (QED) is 0.721. The Morgan fingerprint density at radius 3 is 2.41 bits per heavy atom. The van der Waals surface area contributed by atoms with E-state index in [4.69, 9.17) is 0 Å². The lowest BCUT2D eigenvalue weighted by atomic mass is 10.0. The molecule has 8 heteroatoms. The van der Waals surface area contributed by atoms with Crippen LogP contribution >= 0.6 is 0 Å². The van der Waals surface area contributed by atoms with E-state index in [2.05, 4.69) is 10.6 Å². The Morgan fingerprint density at radius 2 is 1.75 bits per heavy atom. The largest absolute Gasteiger partial charge is 0.344 e. The third-order valence-corrected chi connectivity index (χ3v) is 5.64. The summed E-state index contributed by atoms with van der Waals surface area (Å²) >= 11 is 0. The molecule has 0 radical (unpaired) electrons. The van der Waals surface area contributed by atoms with Crippen LogP contribution in [0.15, 0.2) is 48.5 Å². The summed E-state index contributed by atoms with van der Waals surface area (Å²) in [4.78, 5) is 39.4. The summed E-state index contributed by atoms with van der Waals surface area (Å²) in [5, 5.41) is 5.25. The van der Waals surface area contributed by atoms with Gasteiger partial charge >= 0.3 is 0 Å². The van der Waals surface area contributed by atoms with Gasteiger partial charge in [-0.25, -0.2) is 8.78 Å². The SMILES string of the molecule is CC(NC(=O)Cc1cc(F)cc(F)c1)C(=O)N[C@H]1CCC[C@H](c2ccccc2)N(C)C1=O. The van der Waals surface area contributed by atoms with Crippen molar-refractivity contribution in [3.8, 4) is 0 Å². The Hall–Kier alpha value is -3.29. The molecule has 3 atom stereocenters. The number of halogens is 2. The first-order chi connectivity index (χ1) is 15.2. The number of hydrogen-bond donors (Lipinski definition) is 2. The molecule has 6 nitrogen and oxygen atoms in total. The van der Waals surface area contributed by atoms with E-state index >= 15 is 0 Å². The third kappa shape index (κ3) is 5.90. The summed E-state index contributed by atoms with van der Waals surface area (Å²) in [6.07, 6.45) is 1.78. The van der Waals surface area contributed by atoms with Crippen LogP contribution in [0.5, 0.6) is 0 Å². The number of carbonyl (C=O) groups excluding carboxylic acids is 3. The molecule has 0 aliphatic carbocycles. The number of rotatable bonds is 6. The number of likely N-dealkylation sites (N-methyl/N-ethyl adjacent to an activating group) is 1. The van der Waals surface area contributed by atoms with Gasteiger partial charge < -0.3 is 15.5 Å². The van der Waals surface area contributed by atoms with Crippen molar-refractivity contribution >= 4 is 17.7 Å². The number of nitrogens with one attached hydrogen (secondary N) is 2. The molecule has 0 aromatic heterocycles. The van der Waals surface area contributed by atoms with Crippen molar-refractivity contribution in [2.45, 2.75) is 50.7 Å². The Bertz CT molecular complexity index is 963. The molecule has 1 unspecified atom stereocenters. The van der Waals surface area contributed by atoms with Crippen molar-refractivity contribution in [2.75, 3.05) is 7.05 Å². The number of amides is 3. The smallest absolute Gasteiger partial charge is 0.245 e. The highest BCUT2D eigenvalue weighted by Crippen LogP contribution is 2.29. The van der Waals surface area contributed by atoms with Crippen molar-refractivity contribution < 1.29 is 23.2 Å². The van der Waals surface area contributed by atoms with Crippen LogP contribution < -0.4 is 10.6 Å². The summed E-state index contributed by atoms with van der Waals surface area (Å²) in [7, 11) is 1.73. The fraction of sp³-hybridized carbons (Fsp3) is 0.375. The van der Waals surface area contributed by atoms with Crippen LogP contribution in [0.3, 0.4) is 0 Å². The normalized spacial score (nSPS) is 19.8. The predicted octanol–water partition coefficient (Wildman–Crippen LogP) is 2.88. The van der Waals surface area contributed by atoms with E-state index < -0.39 is 35.5 Å². The third-order valence-electron chi connectivity index (χ3n) is 5.64. The van der Waals surface area contributed by atoms with Gasteiger partial charge in [0.05, 0.1) is 12.5 Å². The van der Waals surface area contributed by atoms with E-state index in [0.29, 0.717) is 6.42 Å². The number of likely N-dealkylation sites (tertiary alicyclic amines) is 1. The second kappa shape index (κ2) is 10.3. The first kappa shape index (κ1) is 23.4. The fourth-order valence-electron chi connectivity index (χ4n) is 3.98. The van der Waals surface area contributed by atoms with Crippen molar-refractivity contribution in [1.29, 1.82) is 0 Å². The molecule has 1 fully saturated rings. The topological polar surface area (TPSA) is 78.5 Å². The molecule has 32 heavy (non-hydrogen) atoms. The van der Waals surface area contributed by atoms with Gasteiger partial charge in [0, 0.05) is 13.1 Å². The Balaban J connectivity index is 1.57. The summed E-state index contributed by atoms with van der Waals surface area (Å²) in [5.74, 6) is -2.77. The molecule has 3 rings (SSSR count). The van der Waals surface area contributed by atoms with E-state index in [9.17, 15) is 23.2 Å². The predicted molar refractivity (Wildman–Crippen MR) is 115 cm³/mol. The molecule has 1 aliphatic heterocycles. The van der Waals surface area contributed by atoms with Crippen molar-refractivity contribution in [2.24, 2.45) is 0 Å². The van der Waals surface area contributed by atoms with Gasteiger partial charge in [-0.3, -0.25) is 14.4 Å². The van der Waals surface area contributed by atoms with E-state index in [0.717, 1.165) is 36.6 Å². The van der Waals surface area contributed by atoms with Gasteiger partial charge in [0.15, 0.2) is 0 Å². The van der Waals surface area contributed by atoms with E-state index in [1.54, 1.807) is 11.9 Å². The number of benzene rings is 2. The first-order valence-electron chi connectivity index (χ1n) is 10.6. The van der Waals surface area contributed by atoms with Crippen LogP contribution in [0, 0.1) is 11.6 Å². The molecule has 170 valence electrons. The lowest BCUT2D eigenvalue weighted by Gasteiger charge is -2.29. The maximum Gasteiger partial charge on any atom is 0.245 e. The van der Waals surface area contributed by atoms with Crippen LogP contribution in [0.4, 0.5) is 8.78 Å². The average molecular weight is 443 g/mol. The minimum atomic E-state index is -0.910. The van der Waals surface area contributed by atoms with Gasteiger partial charge in [0.2, 0.25) is 17.7 Å². The maximum absolute atomic E-state index is 13.3. The van der Waals surface area contributed by atoms with Gasteiger partial charge in [0.1, 0.15) is 23.7 Å². The minimum Gasteiger partial charge on any atom is -0.344 e. The highest BCUT2D eigenvalue weighted by atomic mass is 19.1. The molecule has 2 N–H and O–H groups in total. The molecule has 1 aliphatic rings. The van der Waals surface area contributed by atoms with Crippen molar-refractivity contribution in [1.82, 2.24) is 15.5 Å². The molecule has 0 saturated carbocycles. The standard InChI is InChI=1S/C24H27F2N3O3/c1-15(27-22(30)13-16-11-18(25)14-19(26)12-16)23(31)28-20-9-6-10-21(29(2)24(20)32)17-7-4-3-5-8-17/h3-5,7-8,11-12,14-15,20-21H,6,9-10,13H2,1-2H3,(H,27,30)(H,28,31)/t15?,20-,21+/m0/s1. The molecule has 0 bridgehead atoms. The van der Waals surface area contributed by atoms with Gasteiger partial charge in [-0.2, -0.15) is 0 Å². The lowest BCUT2D eigenvalue weighted by Crippen LogP contribution is -2.52. The van der Waals surface area contributed by atoms with Gasteiger partial charge in [-0.1, -0.05) is 30.3 Å². The minimum absolute atomic E-state index is 0.0607. The number of nitrogens with zero attached hydrogens (tertiary/aromatic N) is 1. The van der Waals surface area contributed by atoms with E-state index in [1.165, 1.54) is 6.92 Å². The molecule has 1 saturated heterocycles. The Kier molecular flexibility index (Phi) is 7.56. The number of carbonyl (C=O) groups is 3. The summed E-state index contributed by atoms with van der Waals surface area (Å²) < 4.78 is 26.6. The van der Waals surface area contributed by atoms with Crippen LogP contribution in [-0.2, 0) is 20.8 Å². The molecule has 0 spiro atoms. The Morgan fingerprint density at radius 1 is 1.09 bits per heavy atom. The molecular weight excluding hydrogens is 416 g/mol. The summed E-state index contributed by atoms with van der Waals surface area (Å²) in [5.41, 5.74) is 1.21. The average Bonchev–Trinajstić information content (AvgIpc) is 2.87. The summed E-state index contributed by atoms with van der Waals surface area (Å²) in [6, 6.07) is 10.9. The second-order valence-electron chi connectivity index (χ2n) is 8.11. The zero-order valence-corrected chi connectivity index (χ0v) is 18.1. The Labute approximate surface area is 186 Å². The van der Waals surface area contributed by atoms with E-state index in [-0.39, 0.29) is 23.9 Å². The monoisotopic (exact) mass is 443 g/mol. The second-order valence-corrected chi connectivity index (χ2v) is 8.11. The zero-order valence-electron chi connectivity index (χ0n) is 18.1. The fourth-order valence-corrected chi connectivity index (χ4v) is 3.98. The molecule has 2 aromatic rings. The van der Waals surface area contributed by atoms with Gasteiger partial charge in [-0.15, -0.1) is 0 Å². The number of hydrogen-bond acceptors (Lipinski definition) is 3. The molecule has 3 amide bonds. The molecule has 2 aromatic carbocycles. The van der Waals surface area contributed by atoms with Crippen LogP contribution in [-0.4, -0.2) is 41.8 Å². The highest BCUT2D eigenvalue weighted by molar-refractivity contribution is 5.92. The maximum atomic E-state index is 13.3. The lowest BCUT2D eigenvalue weighted by molar-refractivity contribution is -0.137. The molecular formula is C24H27F2N3O3. The van der Waals surface area contributed by atoms with Crippen LogP contribution in [0.1, 0.15) is 43.4 Å².